The fraction of sp³-hybridized carbons (Fsp3) is 0.533. The lowest BCUT2D eigenvalue weighted by atomic mass is 10.3. The number of carboxylic acid groups (broad SMARTS) is 1. The van der Waals surface area contributed by atoms with Crippen molar-refractivity contribution in [1.29, 1.82) is 0 Å². The SMILES string of the molecule is CCCCO.CCOC(C)=O.O.O=C(O)Cc1ccccn1. The summed E-state index contributed by atoms with van der Waals surface area (Å²) in [6.07, 6.45) is 3.62. The minimum Gasteiger partial charge on any atom is -0.481 e. The Kier molecular flexibility index (Phi) is 21.6. The number of aliphatic carboxylic acids is 1. The second-order valence-corrected chi connectivity index (χ2v) is 3.89. The number of aromatic nitrogens is 1. The van der Waals surface area contributed by atoms with Crippen LogP contribution in [0.3, 0.4) is 0 Å². The molecule has 0 unspecified atom stereocenters. The molecule has 7 heteroatoms. The Morgan fingerprint density at radius 2 is 1.91 bits per heavy atom. The number of rotatable bonds is 5. The van der Waals surface area contributed by atoms with Crippen LogP contribution in [0, 0.1) is 0 Å². The Hall–Kier alpha value is -1.99. The third kappa shape index (κ3) is 23.1. The molecule has 1 aromatic rings. The summed E-state index contributed by atoms with van der Waals surface area (Å²) in [5, 5.41) is 16.4. The van der Waals surface area contributed by atoms with E-state index in [9.17, 15) is 9.59 Å². The summed E-state index contributed by atoms with van der Waals surface area (Å²) < 4.78 is 4.40. The second-order valence-electron chi connectivity index (χ2n) is 3.89. The summed E-state index contributed by atoms with van der Waals surface area (Å²) in [7, 11) is 0. The number of aliphatic hydroxyl groups excluding tert-OH is 1. The molecule has 0 amide bonds. The third-order valence-corrected chi connectivity index (χ3v) is 1.92. The number of ether oxygens (including phenoxy) is 1. The second kappa shape index (κ2) is 19.0. The van der Waals surface area contributed by atoms with E-state index in [0.717, 1.165) is 12.8 Å². The van der Waals surface area contributed by atoms with Gasteiger partial charge in [-0.3, -0.25) is 14.6 Å². The molecule has 0 saturated heterocycles. The van der Waals surface area contributed by atoms with Gasteiger partial charge < -0.3 is 20.4 Å². The molecule has 22 heavy (non-hydrogen) atoms. The van der Waals surface area contributed by atoms with Crippen molar-refractivity contribution in [2.45, 2.75) is 40.0 Å². The maximum Gasteiger partial charge on any atom is 0.309 e. The molecule has 128 valence electrons. The number of carbonyl (C=O) groups is 2. The molecule has 0 aliphatic carbocycles. The van der Waals surface area contributed by atoms with Gasteiger partial charge in [-0.25, -0.2) is 0 Å². The number of nitrogens with zero attached hydrogens (tertiary/aromatic N) is 1. The smallest absolute Gasteiger partial charge is 0.309 e. The van der Waals surface area contributed by atoms with Crippen LogP contribution in [0.25, 0.3) is 0 Å². The monoisotopic (exact) mass is 317 g/mol. The first kappa shape index (κ1) is 25.0. The van der Waals surface area contributed by atoms with Gasteiger partial charge in [0.15, 0.2) is 0 Å². The van der Waals surface area contributed by atoms with Crippen LogP contribution in [0.2, 0.25) is 0 Å². The number of pyridine rings is 1. The fourth-order valence-electron chi connectivity index (χ4n) is 1.02. The minimum atomic E-state index is -0.848. The summed E-state index contributed by atoms with van der Waals surface area (Å²) in [4.78, 5) is 23.8. The normalized spacial score (nSPS) is 8.18. The van der Waals surface area contributed by atoms with Gasteiger partial charge in [0.1, 0.15) is 0 Å². The highest BCUT2D eigenvalue weighted by Gasteiger charge is 1.98. The number of hydrogen-bond donors (Lipinski definition) is 2. The molecule has 7 nitrogen and oxygen atoms in total. The quantitative estimate of drug-likeness (QED) is 0.786. The molecule has 0 atom stereocenters. The molecule has 0 saturated carbocycles. The van der Waals surface area contributed by atoms with Crippen LogP contribution in [0.15, 0.2) is 24.4 Å². The molecule has 0 bridgehead atoms. The summed E-state index contributed by atoms with van der Waals surface area (Å²) >= 11 is 0. The molecule has 1 aromatic heterocycles. The van der Waals surface area contributed by atoms with Gasteiger partial charge in [-0.15, -0.1) is 0 Å². The van der Waals surface area contributed by atoms with Crippen molar-refractivity contribution in [3.05, 3.63) is 30.1 Å². The topological polar surface area (TPSA) is 128 Å². The largest absolute Gasteiger partial charge is 0.481 e. The molecule has 0 radical (unpaired) electrons. The van der Waals surface area contributed by atoms with Gasteiger partial charge in [-0.05, 0) is 25.5 Å². The van der Waals surface area contributed by atoms with Crippen LogP contribution in [0.1, 0.15) is 39.3 Å². The molecule has 0 aliphatic heterocycles. The van der Waals surface area contributed by atoms with Crippen LogP contribution in [-0.2, 0) is 20.7 Å². The zero-order valence-electron chi connectivity index (χ0n) is 13.4. The summed E-state index contributed by atoms with van der Waals surface area (Å²) in [5.41, 5.74) is 0.593. The maximum absolute atomic E-state index is 10.1. The van der Waals surface area contributed by atoms with Crippen molar-refractivity contribution in [1.82, 2.24) is 4.98 Å². The summed E-state index contributed by atoms with van der Waals surface area (Å²) in [6, 6.07) is 5.21. The predicted molar refractivity (Wildman–Crippen MR) is 83.5 cm³/mol. The number of hydrogen-bond acceptors (Lipinski definition) is 5. The lowest BCUT2D eigenvalue weighted by molar-refractivity contribution is -0.140. The van der Waals surface area contributed by atoms with E-state index in [0.29, 0.717) is 18.9 Å². The van der Waals surface area contributed by atoms with Gasteiger partial charge in [-0.2, -0.15) is 0 Å². The van der Waals surface area contributed by atoms with Crippen LogP contribution in [0.4, 0.5) is 0 Å². The number of carboxylic acids is 1. The Balaban J connectivity index is -0.000000262. The van der Waals surface area contributed by atoms with Crippen molar-refractivity contribution in [3.8, 4) is 0 Å². The van der Waals surface area contributed by atoms with E-state index in [-0.39, 0.29) is 17.9 Å². The Bertz CT molecular complexity index is 368. The Morgan fingerprint density at radius 3 is 2.14 bits per heavy atom. The van der Waals surface area contributed by atoms with Crippen molar-refractivity contribution >= 4 is 11.9 Å². The molecule has 0 aliphatic rings. The number of esters is 1. The van der Waals surface area contributed by atoms with Crippen LogP contribution < -0.4 is 0 Å². The van der Waals surface area contributed by atoms with Gasteiger partial charge in [-0.1, -0.05) is 19.4 Å². The highest BCUT2D eigenvalue weighted by atomic mass is 16.5. The fourth-order valence-corrected chi connectivity index (χ4v) is 1.02. The predicted octanol–water partition coefficient (Wildman–Crippen LogP) is 1.23. The van der Waals surface area contributed by atoms with Crippen molar-refractivity contribution in [2.24, 2.45) is 0 Å². The zero-order valence-corrected chi connectivity index (χ0v) is 13.4. The van der Waals surface area contributed by atoms with E-state index in [2.05, 4.69) is 16.6 Å². The van der Waals surface area contributed by atoms with E-state index in [4.69, 9.17) is 10.2 Å². The van der Waals surface area contributed by atoms with Crippen molar-refractivity contribution in [3.63, 3.8) is 0 Å². The average molecular weight is 317 g/mol. The van der Waals surface area contributed by atoms with Gasteiger partial charge in [0, 0.05) is 19.7 Å². The molecular formula is C15H27NO6. The zero-order chi connectivity index (χ0) is 16.5. The van der Waals surface area contributed by atoms with Crippen molar-refractivity contribution in [2.75, 3.05) is 13.2 Å². The van der Waals surface area contributed by atoms with Crippen LogP contribution in [0.5, 0.6) is 0 Å². The molecule has 1 heterocycles. The first-order valence-corrected chi connectivity index (χ1v) is 6.83. The van der Waals surface area contributed by atoms with E-state index in [1.54, 1.807) is 31.3 Å². The standard InChI is InChI=1S/C7H7NO2.C4H8O2.C4H10O.H2O/c9-7(10)5-6-3-1-2-4-8-6;1-3-6-4(2)5;1-2-3-4-5;/h1-4H,5H2,(H,9,10);3H2,1-2H3;5H,2-4H2,1H3;1H2. The number of unbranched alkanes of at least 4 members (excludes halogenated alkanes) is 1. The van der Waals surface area contributed by atoms with E-state index in [1.165, 1.54) is 6.92 Å². The lowest BCUT2D eigenvalue weighted by Crippen LogP contribution is -2.01. The van der Waals surface area contributed by atoms with Gasteiger partial charge in [0.25, 0.3) is 0 Å². The molecule has 0 fully saturated rings. The Morgan fingerprint density at radius 1 is 1.27 bits per heavy atom. The molecule has 0 aromatic carbocycles. The highest BCUT2D eigenvalue weighted by molar-refractivity contribution is 5.69. The summed E-state index contributed by atoms with van der Waals surface area (Å²) in [6.45, 7) is 6.05. The van der Waals surface area contributed by atoms with Gasteiger partial charge >= 0.3 is 11.9 Å². The van der Waals surface area contributed by atoms with Crippen LogP contribution in [-0.4, -0.2) is 45.8 Å². The van der Waals surface area contributed by atoms with E-state index in [1.807, 2.05) is 0 Å². The maximum atomic E-state index is 10.1. The van der Waals surface area contributed by atoms with E-state index < -0.39 is 5.97 Å². The third-order valence-electron chi connectivity index (χ3n) is 1.92. The summed E-state index contributed by atoms with van der Waals surface area (Å²) in [5.74, 6) is -1.06. The first-order chi connectivity index (χ1) is 9.97. The van der Waals surface area contributed by atoms with Gasteiger partial charge in [0.05, 0.1) is 18.7 Å². The first-order valence-electron chi connectivity index (χ1n) is 6.83. The molecule has 1 rings (SSSR count). The Labute approximate surface area is 131 Å². The van der Waals surface area contributed by atoms with Gasteiger partial charge in [0.2, 0.25) is 0 Å². The highest BCUT2D eigenvalue weighted by Crippen LogP contribution is 1.93. The van der Waals surface area contributed by atoms with Crippen LogP contribution >= 0.6 is 0 Å². The molecular weight excluding hydrogens is 290 g/mol. The van der Waals surface area contributed by atoms with E-state index >= 15 is 0 Å². The molecule has 0 spiro atoms. The average Bonchev–Trinajstić information content (AvgIpc) is 2.41. The lowest BCUT2D eigenvalue weighted by Gasteiger charge is -1.91. The number of carbonyl (C=O) groups excluding carboxylic acids is 1. The number of aliphatic hydroxyl groups is 1. The van der Waals surface area contributed by atoms with Crippen molar-refractivity contribution < 1.29 is 30.0 Å². The minimum absolute atomic E-state index is 0. The molecule has 4 N–H and O–H groups in total.